The maximum absolute atomic E-state index is 11.7. The minimum atomic E-state index is -2.78. The Bertz CT molecular complexity index is 585. The molecule has 7 heteroatoms. The van der Waals surface area contributed by atoms with Crippen LogP contribution in [0.2, 0.25) is 0 Å². The number of hydrogen-bond donors (Lipinski definition) is 2. The molecule has 0 fully saturated rings. The SMILES string of the molecule is [2H]C([2H])([2H])C(=O)Nc1cc(NC(=O)OC(C)(C)C)c(Br)cn1. The van der Waals surface area contributed by atoms with Crippen molar-refractivity contribution >= 4 is 39.4 Å². The fourth-order valence-corrected chi connectivity index (χ4v) is 1.45. The first-order valence-corrected chi connectivity index (χ1v) is 6.15. The Balaban J connectivity index is 2.87. The molecule has 0 aliphatic rings. The van der Waals surface area contributed by atoms with Gasteiger partial charge in [0.15, 0.2) is 0 Å². The number of nitrogens with one attached hydrogen (secondary N) is 2. The number of anilines is 2. The van der Waals surface area contributed by atoms with Crippen LogP contribution in [0.25, 0.3) is 0 Å². The summed E-state index contributed by atoms with van der Waals surface area (Å²) in [5.74, 6) is -1.17. The fourth-order valence-electron chi connectivity index (χ4n) is 1.13. The van der Waals surface area contributed by atoms with Gasteiger partial charge in [-0.2, -0.15) is 0 Å². The zero-order chi connectivity index (χ0) is 17.1. The van der Waals surface area contributed by atoms with Gasteiger partial charge in [-0.1, -0.05) is 0 Å². The number of amides is 2. The summed E-state index contributed by atoms with van der Waals surface area (Å²) >= 11 is 3.19. The molecular weight excluding hydrogens is 314 g/mol. The van der Waals surface area contributed by atoms with E-state index in [1.165, 1.54) is 12.3 Å². The van der Waals surface area contributed by atoms with Gasteiger partial charge in [0, 0.05) is 23.2 Å². The number of pyridine rings is 1. The Morgan fingerprint density at radius 3 is 2.68 bits per heavy atom. The third-order valence-corrected chi connectivity index (χ3v) is 2.36. The molecule has 0 aromatic carbocycles. The summed E-state index contributed by atoms with van der Waals surface area (Å²) in [5, 5.41) is 4.62. The van der Waals surface area contributed by atoms with E-state index in [9.17, 15) is 9.59 Å². The van der Waals surface area contributed by atoms with E-state index in [-0.39, 0.29) is 11.5 Å². The van der Waals surface area contributed by atoms with E-state index >= 15 is 0 Å². The van der Waals surface area contributed by atoms with Crippen molar-refractivity contribution in [1.82, 2.24) is 4.98 Å². The van der Waals surface area contributed by atoms with Crippen LogP contribution in [0.5, 0.6) is 0 Å². The van der Waals surface area contributed by atoms with Gasteiger partial charge < -0.3 is 10.1 Å². The molecule has 0 saturated heterocycles. The highest BCUT2D eigenvalue weighted by Gasteiger charge is 2.17. The van der Waals surface area contributed by atoms with Gasteiger partial charge >= 0.3 is 6.09 Å². The van der Waals surface area contributed by atoms with Gasteiger partial charge in [0.05, 0.1) is 10.2 Å². The summed E-state index contributed by atoms with van der Waals surface area (Å²) in [4.78, 5) is 27.0. The van der Waals surface area contributed by atoms with E-state index in [0.29, 0.717) is 4.47 Å². The average Bonchev–Trinajstić information content (AvgIpc) is 2.29. The lowest BCUT2D eigenvalue weighted by Gasteiger charge is -2.20. The van der Waals surface area contributed by atoms with Crippen LogP contribution in [0.3, 0.4) is 0 Å². The van der Waals surface area contributed by atoms with Crippen LogP contribution < -0.4 is 10.6 Å². The van der Waals surface area contributed by atoms with Crippen molar-refractivity contribution < 1.29 is 18.4 Å². The number of aromatic nitrogens is 1. The molecule has 1 rings (SSSR count). The van der Waals surface area contributed by atoms with Gasteiger partial charge in [0.25, 0.3) is 0 Å². The molecule has 1 aromatic rings. The van der Waals surface area contributed by atoms with E-state index in [1.54, 1.807) is 20.8 Å². The smallest absolute Gasteiger partial charge is 0.412 e. The standard InChI is InChI=1S/C12H16BrN3O3/c1-7(17)15-10-5-9(8(13)6-14-10)16-11(18)19-12(2,3)4/h5-6H,1-4H3,(H2,14,15,16,17,18)/i1D3. The summed E-state index contributed by atoms with van der Waals surface area (Å²) in [6.07, 6.45) is 0.634. The van der Waals surface area contributed by atoms with Crippen LogP contribution in [0, 0.1) is 0 Å². The zero-order valence-electron chi connectivity index (χ0n) is 13.7. The van der Waals surface area contributed by atoms with Crippen LogP contribution in [0.4, 0.5) is 16.3 Å². The van der Waals surface area contributed by atoms with Crippen molar-refractivity contribution in [2.45, 2.75) is 33.2 Å². The molecule has 0 atom stereocenters. The molecule has 1 aromatic heterocycles. The number of hydrogen-bond acceptors (Lipinski definition) is 4. The second-order valence-electron chi connectivity index (χ2n) is 4.63. The molecule has 2 N–H and O–H groups in total. The summed E-state index contributed by atoms with van der Waals surface area (Å²) in [6, 6.07) is 1.32. The number of ether oxygens (including phenoxy) is 1. The number of carbonyl (C=O) groups is 2. The van der Waals surface area contributed by atoms with Crippen molar-refractivity contribution in [3.8, 4) is 0 Å². The Morgan fingerprint density at radius 1 is 1.42 bits per heavy atom. The topological polar surface area (TPSA) is 80.3 Å². The van der Waals surface area contributed by atoms with E-state index in [4.69, 9.17) is 8.85 Å². The molecule has 0 saturated carbocycles. The monoisotopic (exact) mass is 332 g/mol. The fraction of sp³-hybridized carbons (Fsp3) is 0.417. The second-order valence-corrected chi connectivity index (χ2v) is 5.48. The minimum absolute atomic E-state index is 0.00427. The molecule has 104 valence electrons. The lowest BCUT2D eigenvalue weighted by Crippen LogP contribution is -2.27. The van der Waals surface area contributed by atoms with Crippen molar-refractivity contribution in [1.29, 1.82) is 0 Å². The highest BCUT2D eigenvalue weighted by molar-refractivity contribution is 9.10. The Hall–Kier alpha value is -1.63. The quantitative estimate of drug-likeness (QED) is 0.871. The van der Waals surface area contributed by atoms with Crippen LogP contribution >= 0.6 is 15.9 Å². The predicted molar refractivity (Wildman–Crippen MR) is 76.1 cm³/mol. The van der Waals surface area contributed by atoms with E-state index in [1.807, 2.05) is 0 Å². The highest BCUT2D eigenvalue weighted by Crippen LogP contribution is 2.24. The zero-order valence-corrected chi connectivity index (χ0v) is 12.3. The Morgan fingerprint density at radius 2 is 2.11 bits per heavy atom. The highest BCUT2D eigenvalue weighted by atomic mass is 79.9. The van der Waals surface area contributed by atoms with E-state index in [2.05, 4.69) is 31.5 Å². The molecule has 19 heavy (non-hydrogen) atoms. The Labute approximate surface area is 124 Å². The van der Waals surface area contributed by atoms with Crippen LogP contribution in [0.1, 0.15) is 31.7 Å². The third-order valence-electron chi connectivity index (χ3n) is 1.73. The van der Waals surface area contributed by atoms with Crippen LogP contribution in [0.15, 0.2) is 16.7 Å². The van der Waals surface area contributed by atoms with E-state index < -0.39 is 24.5 Å². The van der Waals surface area contributed by atoms with Crippen LogP contribution in [-0.4, -0.2) is 22.6 Å². The van der Waals surface area contributed by atoms with E-state index in [0.717, 1.165) is 0 Å². The first-order chi connectivity index (χ1) is 9.88. The predicted octanol–water partition coefficient (Wildman–Crippen LogP) is 3.15. The minimum Gasteiger partial charge on any atom is -0.444 e. The molecular formula is C12H16BrN3O3. The van der Waals surface area contributed by atoms with Gasteiger partial charge in [-0.25, -0.2) is 9.78 Å². The molecule has 0 radical (unpaired) electrons. The molecule has 0 spiro atoms. The molecule has 6 nitrogen and oxygen atoms in total. The molecule has 0 aliphatic carbocycles. The second kappa shape index (κ2) is 6.01. The van der Waals surface area contributed by atoms with Gasteiger partial charge in [-0.05, 0) is 36.7 Å². The van der Waals surface area contributed by atoms with Crippen molar-refractivity contribution in [2.24, 2.45) is 0 Å². The van der Waals surface area contributed by atoms with Gasteiger partial charge in [-0.15, -0.1) is 0 Å². The van der Waals surface area contributed by atoms with Crippen LogP contribution in [-0.2, 0) is 9.53 Å². The number of nitrogens with zero attached hydrogens (tertiary/aromatic N) is 1. The largest absolute Gasteiger partial charge is 0.444 e. The maximum atomic E-state index is 11.7. The first-order valence-electron chi connectivity index (χ1n) is 6.85. The lowest BCUT2D eigenvalue weighted by molar-refractivity contribution is -0.114. The summed E-state index contributed by atoms with van der Waals surface area (Å²) < 4.78 is 26.5. The average molecular weight is 333 g/mol. The molecule has 0 unspecified atom stereocenters. The first kappa shape index (κ1) is 11.2. The molecule has 1 heterocycles. The number of rotatable bonds is 2. The number of carbonyl (C=O) groups excluding carboxylic acids is 2. The summed E-state index contributed by atoms with van der Waals surface area (Å²) in [5.41, 5.74) is -0.382. The molecule has 2 amide bonds. The molecule has 0 aliphatic heterocycles. The van der Waals surface area contributed by atoms with Crippen molar-refractivity contribution in [3.63, 3.8) is 0 Å². The van der Waals surface area contributed by atoms with Crippen molar-refractivity contribution in [2.75, 3.05) is 10.6 Å². The van der Waals surface area contributed by atoms with Crippen molar-refractivity contribution in [3.05, 3.63) is 16.7 Å². The summed E-state index contributed by atoms with van der Waals surface area (Å²) in [6.45, 7) is 2.37. The number of halogens is 1. The van der Waals surface area contributed by atoms with Gasteiger partial charge in [-0.3, -0.25) is 10.1 Å². The Kier molecular flexibility index (Phi) is 3.55. The normalized spacial score (nSPS) is 13.8. The lowest BCUT2D eigenvalue weighted by atomic mass is 10.2. The summed E-state index contributed by atoms with van der Waals surface area (Å²) in [7, 11) is 0. The van der Waals surface area contributed by atoms with Gasteiger partial charge in [0.1, 0.15) is 11.4 Å². The maximum Gasteiger partial charge on any atom is 0.412 e. The van der Waals surface area contributed by atoms with Gasteiger partial charge in [0.2, 0.25) is 5.91 Å². The third kappa shape index (κ3) is 5.69. The molecule has 0 bridgehead atoms.